The number of hydrogen-bond donors (Lipinski definition) is 1. The van der Waals surface area contributed by atoms with Crippen molar-refractivity contribution in [2.45, 2.75) is 32.5 Å². The van der Waals surface area contributed by atoms with Crippen LogP contribution in [0, 0.1) is 5.41 Å². The molecule has 1 N–H and O–H groups in total. The Morgan fingerprint density at radius 3 is 2.42 bits per heavy atom. The van der Waals surface area contributed by atoms with Crippen LogP contribution < -0.4 is 0 Å². The molecule has 0 aromatic rings. The summed E-state index contributed by atoms with van der Waals surface area (Å²) in [4.78, 5) is 23.8. The second-order valence-corrected chi connectivity index (χ2v) is 5.07. The number of carboxylic acids is 1. The Kier molecular flexibility index (Phi) is 4.44. The van der Waals surface area contributed by atoms with Crippen molar-refractivity contribution in [1.82, 2.24) is 4.90 Å². The molecule has 1 fully saturated rings. The molecule has 1 amide bonds. The van der Waals surface area contributed by atoms with E-state index in [0.717, 1.165) is 18.7 Å². The van der Waals surface area contributed by atoms with E-state index >= 15 is 0 Å². The topological polar surface area (TPSA) is 66.8 Å². The first-order valence-corrected chi connectivity index (χ1v) is 5.73. The van der Waals surface area contributed by atoms with Crippen molar-refractivity contribution in [3.8, 4) is 0 Å². The van der Waals surface area contributed by atoms with Gasteiger partial charge < -0.3 is 14.7 Å². The summed E-state index contributed by atoms with van der Waals surface area (Å²) in [6, 6.07) is -1.22. The summed E-state index contributed by atoms with van der Waals surface area (Å²) in [5.41, 5.74) is -2.19. The number of ether oxygens (including phenoxy) is 1. The van der Waals surface area contributed by atoms with E-state index in [0.29, 0.717) is 0 Å². The number of carboxylic acid groups (broad SMARTS) is 1. The number of aliphatic carboxylic acids is 1. The Hall–Kier alpha value is -1.31. The van der Waals surface area contributed by atoms with E-state index < -0.39 is 35.9 Å². The van der Waals surface area contributed by atoms with Gasteiger partial charge in [-0.25, -0.2) is 4.79 Å². The number of morpholine rings is 1. The monoisotopic (exact) mass is 283 g/mol. The van der Waals surface area contributed by atoms with E-state index in [1.54, 1.807) is 0 Å². The lowest BCUT2D eigenvalue weighted by molar-refractivity contribution is -0.216. The first kappa shape index (κ1) is 15.7. The summed E-state index contributed by atoms with van der Waals surface area (Å²) in [5, 5.41) is 8.92. The van der Waals surface area contributed by atoms with E-state index in [2.05, 4.69) is 0 Å². The lowest BCUT2D eigenvalue weighted by atomic mass is 9.87. The highest BCUT2D eigenvalue weighted by molar-refractivity contribution is 5.84. The van der Waals surface area contributed by atoms with Crippen molar-refractivity contribution in [3.05, 3.63) is 0 Å². The maximum atomic E-state index is 12.7. The fraction of sp³-hybridized carbons (Fsp3) is 0.818. The fourth-order valence-electron chi connectivity index (χ4n) is 1.69. The van der Waals surface area contributed by atoms with Gasteiger partial charge in [0.2, 0.25) is 5.91 Å². The van der Waals surface area contributed by atoms with Crippen LogP contribution in [0.15, 0.2) is 0 Å². The summed E-state index contributed by atoms with van der Waals surface area (Å²) in [6.45, 7) is 1.75. The van der Waals surface area contributed by atoms with Crippen LogP contribution in [0.5, 0.6) is 0 Å². The molecule has 1 aliphatic heterocycles. The molecule has 0 aliphatic carbocycles. The second kappa shape index (κ2) is 5.36. The molecule has 0 radical (unpaired) electrons. The Morgan fingerprint density at radius 1 is 1.37 bits per heavy atom. The van der Waals surface area contributed by atoms with E-state index in [-0.39, 0.29) is 19.8 Å². The maximum absolute atomic E-state index is 12.7. The van der Waals surface area contributed by atoms with Crippen LogP contribution >= 0.6 is 0 Å². The first-order chi connectivity index (χ1) is 8.56. The van der Waals surface area contributed by atoms with Gasteiger partial charge in [-0.05, 0) is 0 Å². The molecule has 1 atom stereocenters. The Morgan fingerprint density at radius 2 is 1.95 bits per heavy atom. The van der Waals surface area contributed by atoms with Gasteiger partial charge in [-0.1, -0.05) is 13.8 Å². The zero-order chi connectivity index (χ0) is 14.8. The molecule has 1 aliphatic rings. The third-order valence-electron chi connectivity index (χ3n) is 3.09. The lowest BCUT2D eigenvalue weighted by Crippen LogP contribution is -2.54. The first-order valence-electron chi connectivity index (χ1n) is 5.73. The molecular weight excluding hydrogens is 267 g/mol. The van der Waals surface area contributed by atoms with Crippen LogP contribution in [0.2, 0.25) is 0 Å². The number of carbonyl (C=O) groups is 2. The normalized spacial score (nSPS) is 21.3. The van der Waals surface area contributed by atoms with Gasteiger partial charge in [-0.3, -0.25) is 4.79 Å². The average molecular weight is 283 g/mol. The van der Waals surface area contributed by atoms with Crippen LogP contribution in [0.25, 0.3) is 0 Å². The number of amides is 1. The van der Waals surface area contributed by atoms with E-state index in [1.807, 2.05) is 0 Å². The smallest absolute Gasteiger partial charge is 0.394 e. The number of hydrogen-bond acceptors (Lipinski definition) is 3. The number of carbonyl (C=O) groups excluding carboxylic acids is 1. The molecule has 0 aromatic heterocycles. The minimum absolute atomic E-state index is 0.0102. The Labute approximate surface area is 108 Å². The molecule has 1 heterocycles. The van der Waals surface area contributed by atoms with E-state index in [9.17, 15) is 22.8 Å². The van der Waals surface area contributed by atoms with Crippen molar-refractivity contribution >= 4 is 11.9 Å². The average Bonchev–Trinajstić information content (AvgIpc) is 2.26. The van der Waals surface area contributed by atoms with Gasteiger partial charge in [0.05, 0.1) is 18.6 Å². The van der Waals surface area contributed by atoms with Gasteiger partial charge in [-0.2, -0.15) is 13.2 Å². The summed E-state index contributed by atoms with van der Waals surface area (Å²) in [5.74, 6) is -2.10. The molecule has 1 saturated heterocycles. The maximum Gasteiger partial charge on any atom is 0.394 e. The molecule has 0 aromatic carbocycles. The van der Waals surface area contributed by atoms with Gasteiger partial charge in [-0.15, -0.1) is 0 Å². The lowest BCUT2D eigenvalue weighted by Gasteiger charge is -2.35. The summed E-state index contributed by atoms with van der Waals surface area (Å²) in [7, 11) is 0. The van der Waals surface area contributed by atoms with Crippen molar-refractivity contribution in [3.63, 3.8) is 0 Å². The quantitative estimate of drug-likeness (QED) is 0.847. The van der Waals surface area contributed by atoms with Crippen molar-refractivity contribution in [2.24, 2.45) is 5.41 Å². The predicted octanol–water partition coefficient (Wildman–Crippen LogP) is 1.28. The number of rotatable bonds is 3. The number of nitrogens with zero attached hydrogens (tertiary/aromatic N) is 1. The summed E-state index contributed by atoms with van der Waals surface area (Å²) >= 11 is 0. The number of halogens is 3. The van der Waals surface area contributed by atoms with Crippen LogP contribution in [0.4, 0.5) is 13.2 Å². The van der Waals surface area contributed by atoms with Crippen LogP contribution in [0.3, 0.4) is 0 Å². The molecule has 19 heavy (non-hydrogen) atoms. The highest BCUT2D eigenvalue weighted by Gasteiger charge is 2.49. The molecular formula is C11H16F3NO4. The third kappa shape index (κ3) is 3.59. The van der Waals surface area contributed by atoms with Crippen LogP contribution in [-0.2, 0) is 14.3 Å². The standard InChI is InChI=1S/C11H16F3NO4/c1-10(2,11(12,13)14)5-8(16)15-3-4-19-6-7(15)9(17)18/h7H,3-6H2,1-2H3,(H,17,18)/t7-/m0/s1. The second-order valence-electron chi connectivity index (χ2n) is 5.07. The van der Waals surface area contributed by atoms with Crippen molar-refractivity contribution in [2.75, 3.05) is 19.8 Å². The molecule has 5 nitrogen and oxygen atoms in total. The van der Waals surface area contributed by atoms with Gasteiger partial charge in [0.15, 0.2) is 6.04 Å². The SMILES string of the molecule is CC(C)(CC(=O)N1CCOC[C@H]1C(=O)O)C(F)(F)F. The highest BCUT2D eigenvalue weighted by Crippen LogP contribution is 2.40. The molecule has 0 saturated carbocycles. The summed E-state index contributed by atoms with van der Waals surface area (Å²) in [6.07, 6.45) is -5.30. The zero-order valence-corrected chi connectivity index (χ0v) is 10.7. The minimum Gasteiger partial charge on any atom is -0.480 e. The Bertz CT molecular complexity index is 367. The van der Waals surface area contributed by atoms with E-state index in [4.69, 9.17) is 9.84 Å². The molecule has 1 rings (SSSR count). The number of alkyl halides is 3. The van der Waals surface area contributed by atoms with Gasteiger partial charge in [0.1, 0.15) is 0 Å². The molecule has 8 heteroatoms. The Balaban J connectivity index is 2.79. The van der Waals surface area contributed by atoms with Gasteiger partial charge >= 0.3 is 12.1 Å². The van der Waals surface area contributed by atoms with Crippen molar-refractivity contribution in [1.29, 1.82) is 0 Å². The molecule has 0 bridgehead atoms. The molecule has 110 valence electrons. The van der Waals surface area contributed by atoms with Gasteiger partial charge in [0.25, 0.3) is 0 Å². The minimum atomic E-state index is -4.52. The zero-order valence-electron chi connectivity index (χ0n) is 10.7. The summed E-state index contributed by atoms with van der Waals surface area (Å²) < 4.78 is 43.0. The molecule has 0 unspecified atom stereocenters. The van der Waals surface area contributed by atoms with Crippen molar-refractivity contribution < 1.29 is 32.6 Å². The van der Waals surface area contributed by atoms with E-state index in [1.165, 1.54) is 0 Å². The van der Waals surface area contributed by atoms with Gasteiger partial charge in [0, 0.05) is 13.0 Å². The molecule has 0 spiro atoms. The largest absolute Gasteiger partial charge is 0.480 e. The predicted molar refractivity (Wildman–Crippen MR) is 58.4 cm³/mol. The highest BCUT2D eigenvalue weighted by atomic mass is 19.4. The fourth-order valence-corrected chi connectivity index (χ4v) is 1.69. The third-order valence-corrected chi connectivity index (χ3v) is 3.09. The van der Waals surface area contributed by atoms with Crippen LogP contribution in [-0.4, -0.2) is 53.9 Å². The van der Waals surface area contributed by atoms with Crippen LogP contribution in [0.1, 0.15) is 20.3 Å².